The number of thioether (sulfide) groups is 1. The van der Waals surface area contributed by atoms with Crippen molar-refractivity contribution in [3.05, 3.63) is 23.2 Å². The lowest BCUT2D eigenvalue weighted by atomic mass is 10.2. The lowest BCUT2D eigenvalue weighted by Crippen LogP contribution is -2.17. The van der Waals surface area contributed by atoms with Crippen LogP contribution in [-0.2, 0) is 4.79 Å². The van der Waals surface area contributed by atoms with Crippen molar-refractivity contribution in [2.75, 3.05) is 25.9 Å². The van der Waals surface area contributed by atoms with Crippen LogP contribution >= 0.6 is 23.4 Å². The molecule has 1 atom stereocenters. The third kappa shape index (κ3) is 3.02. The molecule has 7 heteroatoms. The van der Waals surface area contributed by atoms with Crippen LogP contribution in [0.1, 0.15) is 12.5 Å². The summed E-state index contributed by atoms with van der Waals surface area (Å²) in [5.74, 6) is -0.820. The van der Waals surface area contributed by atoms with Gasteiger partial charge in [0, 0.05) is 11.6 Å². The van der Waals surface area contributed by atoms with Gasteiger partial charge < -0.3 is 14.6 Å². The fourth-order valence-electron chi connectivity index (χ4n) is 2.75. The van der Waals surface area contributed by atoms with Crippen molar-refractivity contribution in [2.24, 2.45) is 0 Å². The van der Waals surface area contributed by atoms with E-state index in [9.17, 15) is 4.79 Å². The van der Waals surface area contributed by atoms with Gasteiger partial charge in [-0.25, -0.2) is 4.98 Å². The molecule has 1 N–H and O–H groups in total. The molecule has 0 aliphatic carbocycles. The average Bonchev–Trinajstić information content (AvgIpc) is 2.98. The van der Waals surface area contributed by atoms with Crippen LogP contribution in [0.15, 0.2) is 23.4 Å². The predicted octanol–water partition coefficient (Wildman–Crippen LogP) is 2.74. The molecule has 3 rings (SSSR count). The van der Waals surface area contributed by atoms with Gasteiger partial charge in [-0.3, -0.25) is 4.79 Å². The number of aliphatic carboxylic acids is 1. The van der Waals surface area contributed by atoms with E-state index >= 15 is 0 Å². The Balaban J connectivity index is 2.04. The van der Waals surface area contributed by atoms with E-state index in [4.69, 9.17) is 16.7 Å². The highest BCUT2D eigenvalue weighted by Crippen LogP contribution is 2.33. The third-order valence-corrected chi connectivity index (χ3v) is 4.85. The number of rotatable bonds is 4. The predicted molar refractivity (Wildman–Crippen MR) is 84.3 cm³/mol. The first-order chi connectivity index (χ1) is 10.0. The molecule has 0 bridgehead atoms. The normalized spacial score (nSPS) is 19.4. The molecule has 112 valence electrons. The molecule has 21 heavy (non-hydrogen) atoms. The minimum absolute atomic E-state index is 0.0135. The monoisotopic (exact) mass is 325 g/mol. The van der Waals surface area contributed by atoms with Gasteiger partial charge in [0.1, 0.15) is 0 Å². The first-order valence-corrected chi connectivity index (χ1v) is 8.11. The number of aromatic nitrogens is 2. The Morgan fingerprint density at radius 3 is 3.05 bits per heavy atom. The Labute approximate surface area is 131 Å². The number of likely N-dealkylation sites (tertiary alicyclic amines) is 1. The van der Waals surface area contributed by atoms with Crippen molar-refractivity contribution in [3.63, 3.8) is 0 Å². The van der Waals surface area contributed by atoms with Crippen LogP contribution in [0.3, 0.4) is 0 Å². The number of likely N-dealkylation sites (N-methyl/N-ethyl adjacent to an activating group) is 1. The minimum atomic E-state index is -0.833. The summed E-state index contributed by atoms with van der Waals surface area (Å²) < 4.78 is 2.17. The van der Waals surface area contributed by atoms with Crippen molar-refractivity contribution in [1.29, 1.82) is 0 Å². The van der Waals surface area contributed by atoms with Crippen LogP contribution in [0.2, 0.25) is 5.02 Å². The Morgan fingerprint density at radius 1 is 1.57 bits per heavy atom. The summed E-state index contributed by atoms with van der Waals surface area (Å²) in [4.78, 5) is 17.7. The number of fused-ring (bicyclic) bond motifs is 1. The zero-order chi connectivity index (χ0) is 15.0. The maximum Gasteiger partial charge on any atom is 0.313 e. The van der Waals surface area contributed by atoms with Crippen molar-refractivity contribution in [2.45, 2.75) is 17.6 Å². The maximum absolute atomic E-state index is 10.8. The molecular formula is C14H16ClN3O2S. The van der Waals surface area contributed by atoms with Gasteiger partial charge in [-0.1, -0.05) is 23.4 Å². The second kappa shape index (κ2) is 5.87. The van der Waals surface area contributed by atoms with E-state index in [0.29, 0.717) is 11.1 Å². The molecule has 1 saturated heterocycles. The third-order valence-electron chi connectivity index (χ3n) is 3.68. The molecule has 1 unspecified atom stereocenters. The molecule has 1 aliphatic heterocycles. The molecule has 2 heterocycles. The standard InChI is InChI=1S/C14H16ClN3O2S/c1-17-5-4-10(7-17)18-12-3-2-9(15)6-11(12)16-14(18)21-8-13(19)20/h2-3,6,10H,4-5,7-8H2,1H3,(H,19,20). The molecule has 1 aromatic heterocycles. The molecule has 0 radical (unpaired) electrons. The fraction of sp³-hybridized carbons (Fsp3) is 0.429. The molecule has 5 nitrogen and oxygen atoms in total. The molecule has 0 spiro atoms. The van der Waals surface area contributed by atoms with Crippen LogP contribution in [0.5, 0.6) is 0 Å². The van der Waals surface area contributed by atoms with Crippen LogP contribution < -0.4 is 0 Å². The number of carboxylic acids is 1. The lowest BCUT2D eigenvalue weighted by molar-refractivity contribution is -0.133. The van der Waals surface area contributed by atoms with Gasteiger partial charge in [0.2, 0.25) is 0 Å². The van der Waals surface area contributed by atoms with Gasteiger partial charge in [0.05, 0.1) is 22.8 Å². The van der Waals surface area contributed by atoms with E-state index in [2.05, 4.69) is 21.5 Å². The molecule has 0 saturated carbocycles. The van der Waals surface area contributed by atoms with Crippen LogP contribution in [0.25, 0.3) is 11.0 Å². The van der Waals surface area contributed by atoms with E-state index in [-0.39, 0.29) is 5.75 Å². The number of hydrogen-bond acceptors (Lipinski definition) is 4. The van der Waals surface area contributed by atoms with Gasteiger partial charge >= 0.3 is 5.97 Å². The molecule has 0 amide bonds. The van der Waals surface area contributed by atoms with Gasteiger partial charge in [-0.2, -0.15) is 0 Å². The van der Waals surface area contributed by atoms with E-state index in [1.54, 1.807) is 0 Å². The van der Waals surface area contributed by atoms with Gasteiger partial charge in [-0.05, 0) is 38.2 Å². The second-order valence-electron chi connectivity index (χ2n) is 5.28. The summed E-state index contributed by atoms with van der Waals surface area (Å²) in [6, 6.07) is 5.98. The summed E-state index contributed by atoms with van der Waals surface area (Å²) in [7, 11) is 2.10. The Hall–Kier alpha value is -1.24. The molecule has 1 aliphatic rings. The summed E-state index contributed by atoms with van der Waals surface area (Å²) in [6.07, 6.45) is 1.05. The maximum atomic E-state index is 10.8. The highest BCUT2D eigenvalue weighted by Gasteiger charge is 2.25. The first kappa shape index (κ1) is 14.7. The topological polar surface area (TPSA) is 58.4 Å². The quantitative estimate of drug-likeness (QED) is 0.876. The number of benzene rings is 1. The van der Waals surface area contributed by atoms with Crippen molar-refractivity contribution >= 4 is 40.4 Å². The summed E-state index contributed by atoms with van der Waals surface area (Å²) in [5, 5.41) is 10.3. The summed E-state index contributed by atoms with van der Waals surface area (Å²) in [5.41, 5.74) is 1.84. The lowest BCUT2D eigenvalue weighted by Gasteiger charge is -2.16. The molecule has 1 aromatic carbocycles. The number of halogens is 1. The van der Waals surface area contributed by atoms with E-state index in [0.717, 1.165) is 35.7 Å². The van der Waals surface area contributed by atoms with Crippen molar-refractivity contribution in [1.82, 2.24) is 14.5 Å². The first-order valence-electron chi connectivity index (χ1n) is 6.75. The van der Waals surface area contributed by atoms with E-state index in [1.165, 1.54) is 11.8 Å². The Morgan fingerprint density at radius 2 is 2.38 bits per heavy atom. The SMILES string of the molecule is CN1CCC(n2c(SCC(=O)O)nc3cc(Cl)ccc32)C1. The fourth-order valence-corrected chi connectivity index (χ4v) is 3.72. The number of carbonyl (C=O) groups is 1. The Kier molecular flexibility index (Phi) is 4.10. The number of imidazole rings is 1. The van der Waals surface area contributed by atoms with Crippen molar-refractivity contribution in [3.8, 4) is 0 Å². The number of carboxylic acid groups (broad SMARTS) is 1. The molecule has 2 aromatic rings. The minimum Gasteiger partial charge on any atom is -0.481 e. The zero-order valence-electron chi connectivity index (χ0n) is 11.6. The second-order valence-corrected chi connectivity index (χ2v) is 6.66. The Bertz CT molecular complexity index is 688. The largest absolute Gasteiger partial charge is 0.481 e. The molecule has 1 fully saturated rings. The zero-order valence-corrected chi connectivity index (χ0v) is 13.2. The summed E-state index contributed by atoms with van der Waals surface area (Å²) >= 11 is 7.30. The molecular weight excluding hydrogens is 310 g/mol. The van der Waals surface area contributed by atoms with E-state index < -0.39 is 5.97 Å². The van der Waals surface area contributed by atoms with Crippen LogP contribution in [0, 0.1) is 0 Å². The van der Waals surface area contributed by atoms with Crippen molar-refractivity contribution < 1.29 is 9.90 Å². The van der Waals surface area contributed by atoms with E-state index in [1.807, 2.05) is 18.2 Å². The highest BCUT2D eigenvalue weighted by atomic mass is 35.5. The number of nitrogens with zero attached hydrogens (tertiary/aromatic N) is 3. The smallest absolute Gasteiger partial charge is 0.313 e. The van der Waals surface area contributed by atoms with Crippen LogP contribution in [-0.4, -0.2) is 51.4 Å². The average molecular weight is 326 g/mol. The van der Waals surface area contributed by atoms with Crippen LogP contribution in [0.4, 0.5) is 0 Å². The van der Waals surface area contributed by atoms with Gasteiger partial charge in [-0.15, -0.1) is 0 Å². The van der Waals surface area contributed by atoms with Gasteiger partial charge in [0.15, 0.2) is 5.16 Å². The number of hydrogen-bond donors (Lipinski definition) is 1. The highest BCUT2D eigenvalue weighted by molar-refractivity contribution is 7.99. The summed E-state index contributed by atoms with van der Waals surface area (Å²) in [6.45, 7) is 2.00. The van der Waals surface area contributed by atoms with Gasteiger partial charge in [0.25, 0.3) is 0 Å².